The molecule has 1 aromatic rings. The molecule has 1 heterocycles. The second kappa shape index (κ2) is 6.42. The average Bonchev–Trinajstić information content (AvgIpc) is 2.74. The number of carbonyl (C=O) groups excluding carboxylic acids is 1. The summed E-state index contributed by atoms with van der Waals surface area (Å²) in [6.07, 6.45) is 2.32. The van der Waals surface area contributed by atoms with Gasteiger partial charge in [0, 0.05) is 31.5 Å². The number of anilines is 1. The number of hydrogen-bond donors (Lipinski definition) is 0. The van der Waals surface area contributed by atoms with Gasteiger partial charge < -0.3 is 9.64 Å². The van der Waals surface area contributed by atoms with Crippen LogP contribution in [0.2, 0.25) is 0 Å². The molecule has 0 amide bonds. The smallest absolute Gasteiger partial charge is 0.307 e. The van der Waals surface area contributed by atoms with Crippen LogP contribution in [-0.2, 0) is 16.0 Å². The second-order valence-corrected chi connectivity index (χ2v) is 4.22. The summed E-state index contributed by atoms with van der Waals surface area (Å²) in [7, 11) is 3.30. The summed E-state index contributed by atoms with van der Waals surface area (Å²) in [5.41, 5.74) is 0. The molecule has 0 fully saturated rings. The van der Waals surface area contributed by atoms with E-state index in [-0.39, 0.29) is 5.97 Å². The maximum Gasteiger partial charge on any atom is 0.307 e. The summed E-state index contributed by atoms with van der Waals surface area (Å²) in [5.74, 6) is 0.678. The highest BCUT2D eigenvalue weighted by atomic mass is 32.1. The Labute approximate surface area is 99.6 Å². The van der Waals surface area contributed by atoms with Gasteiger partial charge in [0.05, 0.1) is 13.5 Å². The van der Waals surface area contributed by atoms with Crippen molar-refractivity contribution in [2.45, 2.75) is 26.2 Å². The van der Waals surface area contributed by atoms with Crippen LogP contribution in [0.3, 0.4) is 0 Å². The van der Waals surface area contributed by atoms with Gasteiger partial charge in [-0.25, -0.2) is 4.98 Å². The quantitative estimate of drug-likeness (QED) is 0.708. The molecule has 0 saturated heterocycles. The van der Waals surface area contributed by atoms with Gasteiger partial charge in [-0.3, -0.25) is 4.79 Å². The topological polar surface area (TPSA) is 55.3 Å². The number of aromatic nitrogens is 2. The van der Waals surface area contributed by atoms with E-state index in [9.17, 15) is 4.79 Å². The molecule has 0 aromatic carbocycles. The fraction of sp³-hybridized carbons (Fsp3) is 0.700. The van der Waals surface area contributed by atoms with E-state index in [1.807, 2.05) is 11.9 Å². The van der Waals surface area contributed by atoms with Crippen molar-refractivity contribution in [1.29, 1.82) is 0 Å². The average molecular weight is 243 g/mol. The molecule has 1 aromatic heterocycles. The van der Waals surface area contributed by atoms with Crippen LogP contribution in [-0.4, -0.2) is 36.0 Å². The molecule has 0 atom stereocenters. The van der Waals surface area contributed by atoms with Crippen LogP contribution >= 0.6 is 11.5 Å². The van der Waals surface area contributed by atoms with E-state index in [4.69, 9.17) is 0 Å². The van der Waals surface area contributed by atoms with Gasteiger partial charge in [0.1, 0.15) is 5.82 Å². The number of ether oxygens (including phenoxy) is 1. The predicted molar refractivity (Wildman–Crippen MR) is 63.8 cm³/mol. The Morgan fingerprint density at radius 1 is 1.56 bits per heavy atom. The number of rotatable bonds is 6. The van der Waals surface area contributed by atoms with E-state index in [2.05, 4.69) is 21.0 Å². The lowest BCUT2D eigenvalue weighted by atomic mass is 10.3. The number of aryl methyl sites for hydroxylation is 1. The fourth-order valence-corrected chi connectivity index (χ4v) is 1.88. The summed E-state index contributed by atoms with van der Waals surface area (Å²) in [6, 6.07) is 0. The maximum atomic E-state index is 11.0. The standard InChI is InChI=1S/C10H17N3O2S/c1-4-5-8-11-10(16-12-8)13(2)7-6-9(14)15-3/h4-7H2,1-3H3. The first-order chi connectivity index (χ1) is 7.67. The van der Waals surface area contributed by atoms with Gasteiger partial charge in [0.15, 0.2) is 0 Å². The Kier molecular flexibility index (Phi) is 5.18. The van der Waals surface area contributed by atoms with Crippen molar-refractivity contribution in [1.82, 2.24) is 9.36 Å². The van der Waals surface area contributed by atoms with Gasteiger partial charge in [-0.15, -0.1) is 0 Å². The molecule has 0 unspecified atom stereocenters. The fourth-order valence-electron chi connectivity index (χ4n) is 1.18. The van der Waals surface area contributed by atoms with Gasteiger partial charge in [0.25, 0.3) is 0 Å². The number of esters is 1. The predicted octanol–water partition coefficient (Wildman–Crippen LogP) is 1.49. The summed E-state index contributed by atoms with van der Waals surface area (Å²) in [4.78, 5) is 17.3. The summed E-state index contributed by atoms with van der Waals surface area (Å²) in [5, 5.41) is 0.854. The molecule has 1 rings (SSSR count). The molecule has 6 heteroatoms. The Morgan fingerprint density at radius 2 is 2.31 bits per heavy atom. The number of methoxy groups -OCH3 is 1. The first kappa shape index (κ1) is 12.9. The molecule has 90 valence electrons. The normalized spacial score (nSPS) is 10.2. The van der Waals surface area contributed by atoms with Gasteiger partial charge in [-0.1, -0.05) is 6.92 Å². The van der Waals surface area contributed by atoms with E-state index in [1.54, 1.807) is 0 Å². The van der Waals surface area contributed by atoms with Gasteiger partial charge in [0.2, 0.25) is 5.13 Å². The summed E-state index contributed by atoms with van der Waals surface area (Å²) >= 11 is 1.37. The molecular formula is C10H17N3O2S. The van der Waals surface area contributed by atoms with Gasteiger partial charge in [-0.05, 0) is 6.42 Å². The third-order valence-electron chi connectivity index (χ3n) is 2.14. The van der Waals surface area contributed by atoms with Gasteiger partial charge >= 0.3 is 5.97 Å². The summed E-state index contributed by atoms with van der Waals surface area (Å²) < 4.78 is 8.83. The molecule has 5 nitrogen and oxygen atoms in total. The van der Waals surface area contributed by atoms with Crippen LogP contribution in [0.15, 0.2) is 0 Å². The minimum atomic E-state index is -0.204. The van der Waals surface area contributed by atoms with E-state index >= 15 is 0 Å². The van der Waals surface area contributed by atoms with E-state index in [1.165, 1.54) is 18.6 Å². The zero-order valence-electron chi connectivity index (χ0n) is 9.89. The lowest BCUT2D eigenvalue weighted by Gasteiger charge is -2.13. The van der Waals surface area contributed by atoms with E-state index in [0.717, 1.165) is 23.8 Å². The number of hydrogen-bond acceptors (Lipinski definition) is 6. The highest BCUT2D eigenvalue weighted by molar-refractivity contribution is 7.09. The maximum absolute atomic E-state index is 11.0. The molecule has 0 spiro atoms. The SMILES string of the molecule is CCCc1nsc(N(C)CCC(=O)OC)n1. The van der Waals surface area contributed by atoms with Crippen molar-refractivity contribution < 1.29 is 9.53 Å². The van der Waals surface area contributed by atoms with Crippen LogP contribution in [0.25, 0.3) is 0 Å². The van der Waals surface area contributed by atoms with Crippen molar-refractivity contribution in [2.24, 2.45) is 0 Å². The third kappa shape index (κ3) is 3.77. The Hall–Kier alpha value is -1.17. The molecule has 0 N–H and O–H groups in total. The van der Waals surface area contributed by atoms with Crippen LogP contribution in [0, 0.1) is 0 Å². The van der Waals surface area contributed by atoms with E-state index in [0.29, 0.717) is 13.0 Å². The monoisotopic (exact) mass is 243 g/mol. The molecule has 0 radical (unpaired) electrons. The van der Waals surface area contributed by atoms with Crippen molar-refractivity contribution in [3.05, 3.63) is 5.82 Å². The lowest BCUT2D eigenvalue weighted by Crippen LogP contribution is -2.21. The zero-order chi connectivity index (χ0) is 12.0. The third-order valence-corrected chi connectivity index (χ3v) is 3.00. The molecule has 0 saturated carbocycles. The van der Waals surface area contributed by atoms with Crippen LogP contribution in [0.5, 0.6) is 0 Å². The Balaban J connectivity index is 2.45. The van der Waals surface area contributed by atoms with Crippen molar-refractivity contribution >= 4 is 22.6 Å². The molecule has 0 aliphatic carbocycles. The van der Waals surface area contributed by atoms with Crippen LogP contribution in [0.4, 0.5) is 5.13 Å². The van der Waals surface area contributed by atoms with Gasteiger partial charge in [-0.2, -0.15) is 4.37 Å². The van der Waals surface area contributed by atoms with Crippen LogP contribution in [0.1, 0.15) is 25.6 Å². The van der Waals surface area contributed by atoms with Crippen molar-refractivity contribution in [3.8, 4) is 0 Å². The highest BCUT2D eigenvalue weighted by Crippen LogP contribution is 2.16. The minimum absolute atomic E-state index is 0.204. The van der Waals surface area contributed by atoms with Crippen molar-refractivity contribution in [2.75, 3.05) is 25.6 Å². The van der Waals surface area contributed by atoms with E-state index < -0.39 is 0 Å². The summed E-state index contributed by atoms with van der Waals surface area (Å²) in [6.45, 7) is 2.70. The number of carbonyl (C=O) groups is 1. The highest BCUT2D eigenvalue weighted by Gasteiger charge is 2.10. The molecule has 16 heavy (non-hydrogen) atoms. The molecule has 0 aliphatic rings. The zero-order valence-corrected chi connectivity index (χ0v) is 10.7. The molecule has 0 bridgehead atoms. The molecular weight excluding hydrogens is 226 g/mol. The molecule has 0 aliphatic heterocycles. The second-order valence-electron chi connectivity index (χ2n) is 3.49. The first-order valence-electron chi connectivity index (χ1n) is 5.28. The Morgan fingerprint density at radius 3 is 2.94 bits per heavy atom. The van der Waals surface area contributed by atoms with Crippen LogP contribution < -0.4 is 4.90 Å². The minimum Gasteiger partial charge on any atom is -0.469 e. The number of nitrogens with zero attached hydrogens (tertiary/aromatic N) is 3. The van der Waals surface area contributed by atoms with Crippen molar-refractivity contribution in [3.63, 3.8) is 0 Å². The lowest BCUT2D eigenvalue weighted by molar-refractivity contribution is -0.140. The first-order valence-corrected chi connectivity index (χ1v) is 6.05. The largest absolute Gasteiger partial charge is 0.469 e. The Bertz CT molecular complexity index is 341.